The van der Waals surface area contributed by atoms with Gasteiger partial charge < -0.3 is 9.84 Å². The number of esters is 1. The van der Waals surface area contributed by atoms with Crippen molar-refractivity contribution in [2.24, 2.45) is 0 Å². The number of halogens is 3. The molecule has 1 rings (SSSR count). The van der Waals surface area contributed by atoms with E-state index in [0.29, 0.717) is 0 Å². The van der Waals surface area contributed by atoms with E-state index in [1.807, 2.05) is 0 Å². The molecule has 0 amide bonds. The Kier molecular flexibility index (Phi) is 6.58. The van der Waals surface area contributed by atoms with E-state index >= 15 is 0 Å². The fourth-order valence-electron chi connectivity index (χ4n) is 1.19. The Morgan fingerprint density at radius 1 is 1.47 bits per heavy atom. The Bertz CT molecular complexity index is 503. The van der Waals surface area contributed by atoms with E-state index in [9.17, 15) is 23.1 Å². The molecule has 0 bridgehead atoms. The number of rotatable bonds is 2. The molecule has 1 aromatic heterocycles. The number of hydrogen-bond donors (Lipinski definition) is 1. The molecule has 19 heavy (non-hydrogen) atoms. The third kappa shape index (κ3) is 4.24. The number of methoxy groups -OCH3 is 1. The first-order valence-electron chi connectivity index (χ1n) is 4.69. The van der Waals surface area contributed by atoms with E-state index in [2.05, 4.69) is 14.7 Å². The van der Waals surface area contributed by atoms with Crippen LogP contribution in [0.25, 0.3) is 5.57 Å². The van der Waals surface area contributed by atoms with Crippen molar-refractivity contribution in [3.8, 4) is 5.88 Å². The summed E-state index contributed by atoms with van der Waals surface area (Å²) in [6.45, 7) is 1.46. The molecular formula is C10H9F3N2O3Y. The van der Waals surface area contributed by atoms with Gasteiger partial charge in [-0.25, -0.2) is 9.78 Å². The van der Waals surface area contributed by atoms with Crippen LogP contribution in [-0.4, -0.2) is 28.2 Å². The average Bonchev–Trinajstić information content (AvgIpc) is 2.30. The van der Waals surface area contributed by atoms with Gasteiger partial charge in [0, 0.05) is 38.9 Å². The first kappa shape index (κ1) is 18.0. The van der Waals surface area contributed by atoms with Gasteiger partial charge in [-0.05, 0) is 6.92 Å². The molecule has 0 saturated carbocycles. The Balaban J connectivity index is 0.00000324. The summed E-state index contributed by atoms with van der Waals surface area (Å²) >= 11 is 0. The number of hydrogen-bond acceptors (Lipinski definition) is 5. The summed E-state index contributed by atoms with van der Waals surface area (Å²) in [5.41, 5.74) is -0.346. The number of ether oxygens (including phenoxy) is 1. The molecule has 0 aliphatic heterocycles. The molecule has 1 heterocycles. The number of carbonyl (C=O) groups is 1. The van der Waals surface area contributed by atoms with Gasteiger partial charge in [-0.3, -0.25) is 0 Å². The van der Waals surface area contributed by atoms with Crippen molar-refractivity contribution in [2.45, 2.75) is 13.1 Å². The zero-order valence-corrected chi connectivity index (χ0v) is 12.9. The smallest absolute Gasteiger partial charge is 0.451 e. The largest absolute Gasteiger partial charge is 0.493 e. The second-order valence-electron chi connectivity index (χ2n) is 3.12. The Morgan fingerprint density at radius 2 is 2.05 bits per heavy atom. The summed E-state index contributed by atoms with van der Waals surface area (Å²) in [5.74, 6) is -3.23. The number of aromatic hydroxyl groups is 1. The predicted molar refractivity (Wildman–Crippen MR) is 54.4 cm³/mol. The summed E-state index contributed by atoms with van der Waals surface area (Å²) < 4.78 is 41.2. The van der Waals surface area contributed by atoms with E-state index < -0.39 is 23.8 Å². The summed E-state index contributed by atoms with van der Waals surface area (Å²) in [5, 5.41) is 9.40. The van der Waals surface area contributed by atoms with Crippen LogP contribution >= 0.6 is 0 Å². The van der Waals surface area contributed by atoms with Gasteiger partial charge in [0.05, 0.1) is 18.2 Å². The molecule has 9 heteroatoms. The molecule has 0 aliphatic rings. The second kappa shape index (κ2) is 6.95. The molecule has 101 valence electrons. The van der Waals surface area contributed by atoms with Crippen LogP contribution in [0.3, 0.4) is 0 Å². The monoisotopic (exact) mass is 351 g/mol. The molecular weight excluding hydrogens is 342 g/mol. The van der Waals surface area contributed by atoms with Crippen molar-refractivity contribution >= 4 is 11.5 Å². The summed E-state index contributed by atoms with van der Waals surface area (Å²) in [6, 6.07) is 0. The van der Waals surface area contributed by atoms with E-state index in [4.69, 9.17) is 0 Å². The molecule has 1 N–H and O–H groups in total. The fourth-order valence-corrected chi connectivity index (χ4v) is 1.19. The second-order valence-corrected chi connectivity index (χ2v) is 3.12. The molecule has 0 spiro atoms. The van der Waals surface area contributed by atoms with Crippen LogP contribution in [0.2, 0.25) is 0 Å². The van der Waals surface area contributed by atoms with E-state index in [1.165, 1.54) is 13.0 Å². The third-order valence-electron chi connectivity index (χ3n) is 2.01. The predicted octanol–water partition coefficient (Wildman–Crippen LogP) is 1.77. The first-order valence-corrected chi connectivity index (χ1v) is 4.69. The van der Waals surface area contributed by atoms with Gasteiger partial charge in [0.1, 0.15) is 0 Å². The molecule has 1 aromatic rings. The van der Waals surface area contributed by atoms with Gasteiger partial charge >= 0.3 is 12.1 Å². The van der Waals surface area contributed by atoms with Gasteiger partial charge in [-0.1, -0.05) is 6.08 Å². The molecule has 1 radical (unpaired) electrons. The van der Waals surface area contributed by atoms with Crippen molar-refractivity contribution in [1.82, 2.24) is 9.97 Å². The molecule has 0 saturated heterocycles. The van der Waals surface area contributed by atoms with Crippen molar-refractivity contribution in [2.75, 3.05) is 7.11 Å². The normalized spacial score (nSPS) is 11.7. The average molecular weight is 351 g/mol. The zero-order chi connectivity index (χ0) is 13.9. The number of carbonyl (C=O) groups excluding carboxylic acids is 1. The SMILES string of the molecule is C/C=C(/C(=O)OC)c1cnc(C(F)(F)F)nc1O.[Y]. The van der Waals surface area contributed by atoms with E-state index in [1.54, 1.807) is 0 Å². The molecule has 0 aliphatic carbocycles. The Morgan fingerprint density at radius 3 is 2.42 bits per heavy atom. The quantitative estimate of drug-likeness (QED) is 0.650. The summed E-state index contributed by atoms with van der Waals surface area (Å²) in [6.07, 6.45) is -2.77. The van der Waals surface area contributed by atoms with Gasteiger partial charge in [0.25, 0.3) is 0 Å². The number of alkyl halides is 3. The van der Waals surface area contributed by atoms with E-state index in [-0.39, 0.29) is 43.8 Å². The molecule has 5 nitrogen and oxygen atoms in total. The number of allylic oxidation sites excluding steroid dienone is 1. The van der Waals surface area contributed by atoms with Crippen LogP contribution in [0.1, 0.15) is 18.3 Å². The van der Waals surface area contributed by atoms with Crippen LogP contribution in [-0.2, 0) is 48.4 Å². The molecule has 0 fully saturated rings. The van der Waals surface area contributed by atoms with Gasteiger partial charge in [0.2, 0.25) is 11.7 Å². The van der Waals surface area contributed by atoms with E-state index in [0.717, 1.165) is 13.3 Å². The fraction of sp³-hybridized carbons (Fsp3) is 0.300. The third-order valence-corrected chi connectivity index (χ3v) is 2.01. The number of aromatic nitrogens is 2. The number of nitrogens with zero attached hydrogens (tertiary/aromatic N) is 2. The van der Waals surface area contributed by atoms with Gasteiger partial charge in [-0.2, -0.15) is 18.2 Å². The zero-order valence-electron chi connectivity index (χ0n) is 10.0. The van der Waals surface area contributed by atoms with Crippen LogP contribution < -0.4 is 0 Å². The minimum atomic E-state index is -4.77. The van der Waals surface area contributed by atoms with Crippen molar-refractivity contribution < 1.29 is 60.5 Å². The van der Waals surface area contributed by atoms with Crippen LogP contribution in [0.5, 0.6) is 5.88 Å². The maximum Gasteiger partial charge on any atom is 0.451 e. The van der Waals surface area contributed by atoms with Crippen LogP contribution in [0.15, 0.2) is 12.3 Å². The van der Waals surface area contributed by atoms with Crippen LogP contribution in [0, 0.1) is 0 Å². The molecule has 0 aromatic carbocycles. The van der Waals surface area contributed by atoms with Gasteiger partial charge in [-0.15, -0.1) is 0 Å². The maximum atomic E-state index is 12.3. The molecule has 0 atom stereocenters. The minimum Gasteiger partial charge on any atom is -0.493 e. The van der Waals surface area contributed by atoms with Crippen molar-refractivity contribution in [1.29, 1.82) is 0 Å². The minimum absolute atomic E-state index is 0. The summed E-state index contributed by atoms with van der Waals surface area (Å²) in [7, 11) is 1.10. The Labute approximate surface area is 131 Å². The standard InChI is InChI=1S/C10H9F3N2O3.Y/c1-3-5(8(17)18-2)6-4-14-9(10(11,12)13)15-7(6)16;/h3-4H,1-2H3,(H,14,15,16);/b5-3+;. The maximum absolute atomic E-state index is 12.3. The first-order chi connectivity index (χ1) is 8.31. The Hall–Kier alpha value is -1.02. The van der Waals surface area contributed by atoms with Gasteiger partial charge in [0.15, 0.2) is 0 Å². The topological polar surface area (TPSA) is 72.3 Å². The summed E-state index contributed by atoms with van der Waals surface area (Å²) in [4.78, 5) is 17.3. The van der Waals surface area contributed by atoms with Crippen molar-refractivity contribution in [3.05, 3.63) is 23.7 Å². The van der Waals surface area contributed by atoms with Crippen LogP contribution in [0.4, 0.5) is 13.2 Å². The molecule has 0 unspecified atom stereocenters. The van der Waals surface area contributed by atoms with Crippen molar-refractivity contribution in [3.63, 3.8) is 0 Å².